The van der Waals surface area contributed by atoms with Crippen molar-refractivity contribution in [3.63, 3.8) is 0 Å². The molecule has 3 heterocycles. The molecule has 0 aliphatic rings. The van der Waals surface area contributed by atoms with Crippen LogP contribution in [0.1, 0.15) is 21.6 Å². The molecule has 0 saturated heterocycles. The molecule has 148 valence electrons. The largest absolute Gasteiger partial charge is 0.366 e. The van der Waals surface area contributed by atoms with E-state index in [1.54, 1.807) is 11.6 Å². The lowest BCUT2D eigenvalue weighted by Crippen LogP contribution is -2.11. The second-order valence-electron chi connectivity index (χ2n) is 6.94. The normalized spacial score (nSPS) is 11.2. The van der Waals surface area contributed by atoms with E-state index < -0.39 is 5.91 Å². The molecule has 0 spiro atoms. The number of nitrogens with one attached hydrogen (secondary N) is 1. The Morgan fingerprint density at radius 3 is 2.77 bits per heavy atom. The van der Waals surface area contributed by atoms with Crippen molar-refractivity contribution in [2.75, 3.05) is 5.32 Å². The molecule has 0 aliphatic carbocycles. The highest BCUT2D eigenvalue weighted by Gasteiger charge is 2.17. The van der Waals surface area contributed by atoms with E-state index in [0.717, 1.165) is 32.7 Å². The highest BCUT2D eigenvalue weighted by molar-refractivity contribution is 7.17. The zero-order valence-corrected chi connectivity index (χ0v) is 17.0. The molecular weight excluding hydrogens is 396 g/mol. The maximum absolute atomic E-state index is 11.8. The number of thiazole rings is 1. The summed E-state index contributed by atoms with van der Waals surface area (Å²) in [6, 6.07) is 17.5. The molecule has 7 nitrogen and oxygen atoms in total. The SMILES string of the molecule is Cc1cc2c(C(N)=O)cccc2n1-c1nc(NCc2ccccc2)c2scnc2n1. The van der Waals surface area contributed by atoms with Crippen LogP contribution >= 0.6 is 11.3 Å². The number of fused-ring (bicyclic) bond motifs is 2. The Labute approximate surface area is 176 Å². The van der Waals surface area contributed by atoms with E-state index in [4.69, 9.17) is 10.7 Å². The molecule has 1 amide bonds. The molecule has 2 aromatic carbocycles. The molecule has 8 heteroatoms. The Morgan fingerprint density at radius 2 is 1.97 bits per heavy atom. The number of aromatic nitrogens is 4. The summed E-state index contributed by atoms with van der Waals surface area (Å²) in [5.41, 5.74) is 11.3. The minimum Gasteiger partial charge on any atom is -0.366 e. The Hall–Kier alpha value is -3.78. The van der Waals surface area contributed by atoms with Crippen LogP contribution in [0, 0.1) is 6.92 Å². The first-order valence-corrected chi connectivity index (χ1v) is 10.3. The van der Waals surface area contributed by atoms with Gasteiger partial charge in [-0.05, 0) is 30.7 Å². The molecule has 3 aromatic heterocycles. The third kappa shape index (κ3) is 3.07. The van der Waals surface area contributed by atoms with E-state index in [2.05, 4.69) is 27.4 Å². The van der Waals surface area contributed by atoms with Crippen molar-refractivity contribution in [1.29, 1.82) is 0 Å². The van der Waals surface area contributed by atoms with Gasteiger partial charge in [-0.15, -0.1) is 11.3 Å². The second-order valence-corrected chi connectivity index (χ2v) is 7.79. The number of nitrogens with zero attached hydrogens (tertiary/aromatic N) is 4. The smallest absolute Gasteiger partial charge is 0.249 e. The predicted molar refractivity (Wildman–Crippen MR) is 119 cm³/mol. The zero-order valence-electron chi connectivity index (χ0n) is 16.2. The number of carbonyl (C=O) groups excluding carboxylic acids is 1. The van der Waals surface area contributed by atoms with Gasteiger partial charge in [0.05, 0.1) is 11.0 Å². The average Bonchev–Trinajstić information content (AvgIpc) is 3.35. The maximum Gasteiger partial charge on any atom is 0.249 e. The molecule has 30 heavy (non-hydrogen) atoms. The van der Waals surface area contributed by atoms with Crippen molar-refractivity contribution in [2.45, 2.75) is 13.5 Å². The minimum atomic E-state index is -0.459. The van der Waals surface area contributed by atoms with Crippen LogP contribution in [0.5, 0.6) is 0 Å². The van der Waals surface area contributed by atoms with Crippen molar-refractivity contribution in [3.8, 4) is 5.95 Å². The highest BCUT2D eigenvalue weighted by Crippen LogP contribution is 2.29. The van der Waals surface area contributed by atoms with Crippen LogP contribution in [0.25, 0.3) is 27.2 Å². The molecule has 0 saturated carbocycles. The van der Waals surface area contributed by atoms with Crippen LogP contribution in [0.2, 0.25) is 0 Å². The number of hydrogen-bond acceptors (Lipinski definition) is 6. The van der Waals surface area contributed by atoms with Gasteiger partial charge in [-0.25, -0.2) is 4.98 Å². The second kappa shape index (κ2) is 7.23. The van der Waals surface area contributed by atoms with Crippen molar-refractivity contribution in [1.82, 2.24) is 19.5 Å². The van der Waals surface area contributed by atoms with Crippen molar-refractivity contribution < 1.29 is 4.79 Å². The molecule has 0 radical (unpaired) electrons. The summed E-state index contributed by atoms with van der Waals surface area (Å²) >= 11 is 1.50. The molecule has 0 bridgehead atoms. The van der Waals surface area contributed by atoms with Crippen molar-refractivity contribution in [2.24, 2.45) is 5.73 Å². The number of carbonyl (C=O) groups is 1. The minimum absolute atomic E-state index is 0.459. The van der Waals surface area contributed by atoms with Crippen molar-refractivity contribution in [3.05, 3.63) is 76.9 Å². The Kier molecular flexibility index (Phi) is 4.40. The van der Waals surface area contributed by atoms with Gasteiger partial charge in [0.25, 0.3) is 0 Å². The fraction of sp³-hybridized carbons (Fsp3) is 0.0909. The van der Waals surface area contributed by atoms with Crippen LogP contribution in [0.3, 0.4) is 0 Å². The van der Waals surface area contributed by atoms with Gasteiger partial charge in [0.15, 0.2) is 11.5 Å². The number of amides is 1. The van der Waals surface area contributed by atoms with E-state index in [0.29, 0.717) is 23.7 Å². The lowest BCUT2D eigenvalue weighted by atomic mass is 10.1. The molecule has 0 atom stereocenters. The van der Waals surface area contributed by atoms with E-state index in [-0.39, 0.29) is 0 Å². The third-order valence-corrected chi connectivity index (χ3v) is 5.80. The number of anilines is 1. The van der Waals surface area contributed by atoms with Gasteiger partial charge in [0.1, 0.15) is 4.70 Å². The zero-order chi connectivity index (χ0) is 20.7. The number of benzene rings is 2. The van der Waals surface area contributed by atoms with Gasteiger partial charge in [0, 0.05) is 23.2 Å². The average molecular weight is 414 g/mol. The number of nitrogens with two attached hydrogens (primary N) is 1. The third-order valence-electron chi connectivity index (χ3n) is 4.98. The standard InChI is InChI=1S/C22H18N6OS/c1-13-10-16-15(19(23)29)8-5-9-17(16)28(13)22-26-20(18-21(27-22)25-12-30-18)24-11-14-6-3-2-4-7-14/h2-10,12H,11H2,1H3,(H2,23,29)(H,24,26,27). The van der Waals surface area contributed by atoms with E-state index in [9.17, 15) is 4.79 Å². The van der Waals surface area contributed by atoms with Crippen LogP contribution < -0.4 is 11.1 Å². The highest BCUT2D eigenvalue weighted by atomic mass is 32.1. The van der Waals surface area contributed by atoms with Crippen LogP contribution in [-0.2, 0) is 6.54 Å². The molecule has 5 rings (SSSR count). The molecule has 5 aromatic rings. The Bertz CT molecular complexity index is 1390. The van der Waals surface area contributed by atoms with Gasteiger partial charge in [-0.1, -0.05) is 36.4 Å². The number of aryl methyl sites for hydroxylation is 1. The van der Waals surface area contributed by atoms with Gasteiger partial charge >= 0.3 is 0 Å². The van der Waals surface area contributed by atoms with Crippen molar-refractivity contribution >= 4 is 44.3 Å². The summed E-state index contributed by atoms with van der Waals surface area (Å²) in [6.07, 6.45) is 0. The molecule has 0 unspecified atom stereocenters. The first-order chi connectivity index (χ1) is 14.6. The molecule has 3 N–H and O–H groups in total. The Morgan fingerprint density at radius 1 is 1.13 bits per heavy atom. The summed E-state index contributed by atoms with van der Waals surface area (Å²) in [5.74, 6) is 0.769. The molecule has 0 aliphatic heterocycles. The summed E-state index contributed by atoms with van der Waals surface area (Å²) in [4.78, 5) is 25.7. The number of hydrogen-bond donors (Lipinski definition) is 2. The van der Waals surface area contributed by atoms with Gasteiger partial charge in [-0.2, -0.15) is 9.97 Å². The van der Waals surface area contributed by atoms with E-state index in [1.807, 2.05) is 47.9 Å². The maximum atomic E-state index is 11.8. The first kappa shape index (κ1) is 18.3. The fourth-order valence-electron chi connectivity index (χ4n) is 3.60. The van der Waals surface area contributed by atoms with Crippen LogP contribution in [0.4, 0.5) is 5.82 Å². The van der Waals surface area contributed by atoms with Crippen LogP contribution in [0.15, 0.2) is 60.1 Å². The van der Waals surface area contributed by atoms with Gasteiger partial charge in [0.2, 0.25) is 11.9 Å². The molecular formula is C22H18N6OS. The lowest BCUT2D eigenvalue weighted by molar-refractivity contribution is 0.100. The van der Waals surface area contributed by atoms with Crippen LogP contribution in [-0.4, -0.2) is 25.4 Å². The number of primary amides is 1. The lowest BCUT2D eigenvalue weighted by Gasteiger charge is -2.11. The number of rotatable bonds is 5. The quantitative estimate of drug-likeness (QED) is 0.452. The summed E-state index contributed by atoms with van der Waals surface area (Å²) in [7, 11) is 0. The van der Waals surface area contributed by atoms with E-state index in [1.165, 1.54) is 11.3 Å². The predicted octanol–water partition coefficient (Wildman–Crippen LogP) is 4.05. The van der Waals surface area contributed by atoms with Gasteiger partial charge in [-0.3, -0.25) is 9.36 Å². The summed E-state index contributed by atoms with van der Waals surface area (Å²) in [5, 5.41) is 4.20. The Balaban J connectivity index is 1.64. The van der Waals surface area contributed by atoms with E-state index >= 15 is 0 Å². The monoisotopic (exact) mass is 414 g/mol. The summed E-state index contributed by atoms with van der Waals surface area (Å²) in [6.45, 7) is 2.60. The molecule has 0 fully saturated rings. The summed E-state index contributed by atoms with van der Waals surface area (Å²) < 4.78 is 2.83. The van der Waals surface area contributed by atoms with Gasteiger partial charge < -0.3 is 11.1 Å². The fourth-order valence-corrected chi connectivity index (χ4v) is 4.29. The topological polar surface area (TPSA) is 98.7 Å². The first-order valence-electron chi connectivity index (χ1n) is 9.42.